The first-order chi connectivity index (χ1) is 27.6. The molecular formula is C40H46N8O7S2. The van der Waals surface area contributed by atoms with Crippen molar-refractivity contribution in [3.05, 3.63) is 94.8 Å². The van der Waals surface area contributed by atoms with Crippen LogP contribution in [-0.2, 0) is 43.7 Å². The molecule has 3 N–H and O–H groups in total. The molecular weight excluding hydrogens is 769 g/mol. The van der Waals surface area contributed by atoms with Crippen LogP contribution in [0.3, 0.4) is 0 Å². The van der Waals surface area contributed by atoms with Crippen molar-refractivity contribution in [2.75, 3.05) is 36.5 Å². The number of benzene rings is 2. The summed E-state index contributed by atoms with van der Waals surface area (Å²) in [4.78, 5) is 84.2. The fourth-order valence-electron chi connectivity index (χ4n) is 6.39. The van der Waals surface area contributed by atoms with Crippen molar-refractivity contribution in [2.24, 2.45) is 11.0 Å². The molecule has 3 aliphatic rings. The van der Waals surface area contributed by atoms with Gasteiger partial charge in [-0.1, -0.05) is 52.8 Å². The van der Waals surface area contributed by atoms with Gasteiger partial charge in [-0.25, -0.2) is 14.6 Å². The molecule has 6 rings (SSSR count). The molecule has 6 amide bonds. The average molecular weight is 815 g/mol. The number of aromatic nitrogens is 1. The number of hydrazone groups is 1. The Morgan fingerprint density at radius 3 is 2.32 bits per heavy atom. The van der Waals surface area contributed by atoms with Crippen LogP contribution in [0.15, 0.2) is 72.1 Å². The highest BCUT2D eigenvalue weighted by Crippen LogP contribution is 2.26. The Hall–Kier alpha value is -5.26. The summed E-state index contributed by atoms with van der Waals surface area (Å²) >= 11 is 0. The number of fused-ring (bicyclic) bond motifs is 1. The molecule has 0 aliphatic carbocycles. The number of urea groups is 1. The zero-order valence-corrected chi connectivity index (χ0v) is 33.4. The van der Waals surface area contributed by atoms with Gasteiger partial charge in [0.1, 0.15) is 0 Å². The molecule has 3 aliphatic heterocycles. The van der Waals surface area contributed by atoms with Crippen molar-refractivity contribution in [2.45, 2.75) is 65.1 Å². The standard InChI is InChI=1S/C40H46N8O7S2/c1-27-22-36(51)47(45-38(27)29-8-10-33(11-9-29)44-40(54)46-25-31-14-19-42-23-32(31)26-46)24-28-4-6-30(7-5-28)39(53)43-18-2-16-41-17-3-20-56-57-21-15-37(52)55-48-34(49)12-13-35(48)50/h4-11,14,19,23,27,41H,2-3,12-13,15-18,20-22,24-26H2,1H3,(H,43,53)(H,44,54). The Kier molecular flexibility index (Phi) is 14.7. The highest BCUT2D eigenvalue weighted by atomic mass is 33.1. The van der Waals surface area contributed by atoms with Gasteiger partial charge in [-0.3, -0.25) is 24.2 Å². The van der Waals surface area contributed by atoms with Crippen LogP contribution < -0.4 is 16.0 Å². The van der Waals surface area contributed by atoms with Crippen LogP contribution in [0.2, 0.25) is 0 Å². The highest BCUT2D eigenvalue weighted by molar-refractivity contribution is 8.76. The van der Waals surface area contributed by atoms with Gasteiger partial charge in [0.2, 0.25) is 5.91 Å². The molecule has 15 nitrogen and oxygen atoms in total. The summed E-state index contributed by atoms with van der Waals surface area (Å²) in [7, 11) is 3.19. The van der Waals surface area contributed by atoms with Crippen LogP contribution in [0.4, 0.5) is 10.5 Å². The fourth-order valence-corrected chi connectivity index (χ4v) is 8.44. The van der Waals surface area contributed by atoms with Gasteiger partial charge in [0.15, 0.2) is 0 Å². The first-order valence-corrected chi connectivity index (χ1v) is 21.5. The van der Waals surface area contributed by atoms with Crippen LogP contribution in [-0.4, -0.2) is 92.4 Å². The number of carbonyl (C=O) groups is 6. The van der Waals surface area contributed by atoms with Crippen LogP contribution in [0.25, 0.3) is 0 Å². The summed E-state index contributed by atoms with van der Waals surface area (Å²) in [6.45, 7) is 5.44. The molecule has 0 spiro atoms. The number of amides is 6. The molecule has 3 aromatic rings. The molecule has 1 aromatic heterocycles. The molecule has 1 fully saturated rings. The first-order valence-electron chi connectivity index (χ1n) is 19.0. The maximum absolute atomic E-state index is 13.0. The van der Waals surface area contributed by atoms with Crippen LogP contribution in [0.1, 0.15) is 78.1 Å². The van der Waals surface area contributed by atoms with Gasteiger partial charge >= 0.3 is 12.0 Å². The lowest BCUT2D eigenvalue weighted by atomic mass is 9.93. The van der Waals surface area contributed by atoms with Crippen LogP contribution in [0, 0.1) is 5.92 Å². The van der Waals surface area contributed by atoms with E-state index < -0.39 is 17.8 Å². The van der Waals surface area contributed by atoms with E-state index >= 15 is 0 Å². The number of pyridine rings is 1. The maximum atomic E-state index is 13.0. The third-order valence-electron chi connectivity index (χ3n) is 9.53. The third-order valence-corrected chi connectivity index (χ3v) is 12.0. The molecule has 1 saturated heterocycles. The van der Waals surface area contributed by atoms with Crippen molar-refractivity contribution in [1.82, 2.24) is 30.6 Å². The smallest absolute Gasteiger partial charge is 0.334 e. The zero-order chi connectivity index (χ0) is 40.1. The monoisotopic (exact) mass is 814 g/mol. The Morgan fingerprint density at radius 1 is 0.842 bits per heavy atom. The van der Waals surface area contributed by atoms with E-state index in [0.717, 1.165) is 59.6 Å². The van der Waals surface area contributed by atoms with E-state index in [2.05, 4.69) is 20.9 Å². The van der Waals surface area contributed by atoms with E-state index in [1.807, 2.05) is 49.4 Å². The molecule has 0 radical (unpaired) electrons. The number of hydrogen-bond acceptors (Lipinski definition) is 12. The number of anilines is 1. The van der Waals surface area contributed by atoms with Crippen molar-refractivity contribution in [3.63, 3.8) is 0 Å². The Morgan fingerprint density at radius 2 is 1.56 bits per heavy atom. The van der Waals surface area contributed by atoms with E-state index in [0.29, 0.717) is 48.1 Å². The van der Waals surface area contributed by atoms with E-state index in [9.17, 15) is 28.8 Å². The molecule has 2 aromatic carbocycles. The summed E-state index contributed by atoms with van der Waals surface area (Å²) in [5.41, 5.74) is 5.89. The molecule has 57 heavy (non-hydrogen) atoms. The predicted molar refractivity (Wildman–Crippen MR) is 217 cm³/mol. The lowest BCUT2D eigenvalue weighted by Gasteiger charge is -2.28. The van der Waals surface area contributed by atoms with Gasteiger partial charge in [0.05, 0.1) is 18.7 Å². The molecule has 1 atom stereocenters. The number of hydrogen-bond donors (Lipinski definition) is 3. The fraction of sp³-hybridized carbons (Fsp3) is 0.400. The van der Waals surface area contributed by atoms with Gasteiger partial charge in [-0.15, -0.1) is 5.06 Å². The quantitative estimate of drug-likeness (QED) is 0.0905. The Balaban J connectivity index is 0.848. The van der Waals surface area contributed by atoms with E-state index in [-0.39, 0.29) is 49.6 Å². The van der Waals surface area contributed by atoms with Crippen molar-refractivity contribution < 1.29 is 33.6 Å². The SMILES string of the molecule is CC1CC(=O)N(Cc2ccc(C(=O)NCCCNCCCSSCCC(=O)ON3C(=O)CCC3=O)cc2)N=C1c1ccc(NC(=O)N2Cc3ccncc3C2)cc1. The third kappa shape index (κ3) is 11.6. The molecule has 300 valence electrons. The lowest BCUT2D eigenvalue weighted by molar-refractivity contribution is -0.197. The number of hydroxylamine groups is 2. The summed E-state index contributed by atoms with van der Waals surface area (Å²) in [5.74, 6) is -0.428. The summed E-state index contributed by atoms with van der Waals surface area (Å²) < 4.78 is 0. The van der Waals surface area contributed by atoms with Gasteiger partial charge < -0.3 is 25.7 Å². The minimum absolute atomic E-state index is 0.0715. The Bertz CT molecular complexity index is 1940. The maximum Gasteiger partial charge on any atom is 0.334 e. The zero-order valence-electron chi connectivity index (χ0n) is 31.7. The molecule has 17 heteroatoms. The van der Waals surface area contributed by atoms with Crippen LogP contribution >= 0.6 is 21.6 Å². The minimum atomic E-state index is -0.587. The van der Waals surface area contributed by atoms with Gasteiger partial charge in [-0.05, 0) is 78.5 Å². The summed E-state index contributed by atoms with van der Waals surface area (Å²) in [5, 5.41) is 16.1. The van der Waals surface area contributed by atoms with E-state index in [1.165, 1.54) is 5.01 Å². The van der Waals surface area contributed by atoms with Crippen molar-refractivity contribution in [3.8, 4) is 0 Å². The van der Waals surface area contributed by atoms with E-state index in [4.69, 9.17) is 9.94 Å². The minimum Gasteiger partial charge on any atom is -0.352 e. The highest BCUT2D eigenvalue weighted by Gasteiger charge is 2.33. The largest absolute Gasteiger partial charge is 0.352 e. The lowest BCUT2D eigenvalue weighted by Crippen LogP contribution is -2.36. The molecule has 4 heterocycles. The second-order valence-electron chi connectivity index (χ2n) is 13.9. The van der Waals surface area contributed by atoms with Crippen molar-refractivity contribution in [1.29, 1.82) is 0 Å². The second-order valence-corrected chi connectivity index (χ2v) is 16.6. The number of imide groups is 1. The Labute approximate surface area is 339 Å². The number of carbonyl (C=O) groups excluding carboxylic acids is 6. The predicted octanol–water partition coefficient (Wildman–Crippen LogP) is 4.88. The topological polar surface area (TPSA) is 183 Å². The molecule has 1 unspecified atom stereocenters. The van der Waals surface area contributed by atoms with Gasteiger partial charge in [-0.2, -0.15) is 5.10 Å². The molecule has 0 bridgehead atoms. The van der Waals surface area contributed by atoms with Crippen LogP contribution in [0.5, 0.6) is 0 Å². The van der Waals surface area contributed by atoms with Crippen molar-refractivity contribution >= 4 is 68.6 Å². The van der Waals surface area contributed by atoms with E-state index in [1.54, 1.807) is 51.0 Å². The normalized spacial score (nSPS) is 16.4. The second kappa shape index (κ2) is 20.2. The number of rotatable bonds is 18. The number of nitrogens with one attached hydrogen (secondary N) is 3. The van der Waals surface area contributed by atoms with Gasteiger partial charge in [0, 0.05) is 80.0 Å². The summed E-state index contributed by atoms with van der Waals surface area (Å²) in [6, 6.07) is 16.4. The summed E-state index contributed by atoms with van der Waals surface area (Å²) in [6.07, 6.45) is 5.85. The number of nitrogens with zero attached hydrogens (tertiary/aromatic N) is 5. The van der Waals surface area contributed by atoms with Gasteiger partial charge in [0.25, 0.3) is 17.7 Å². The molecule has 0 saturated carbocycles. The average Bonchev–Trinajstić information content (AvgIpc) is 3.79. The first kappa shape index (κ1) is 41.4.